The predicted octanol–water partition coefficient (Wildman–Crippen LogP) is 0.763. The molecule has 0 aliphatic heterocycles. The van der Waals surface area contributed by atoms with Gasteiger partial charge in [-0.25, -0.2) is 0 Å². The predicted molar refractivity (Wildman–Crippen MR) is 43.9 cm³/mol. The summed E-state index contributed by atoms with van der Waals surface area (Å²) in [7, 11) is 2.19. The van der Waals surface area contributed by atoms with Crippen LogP contribution in [0.3, 0.4) is 0 Å². The molecule has 4 heteroatoms. The summed E-state index contributed by atoms with van der Waals surface area (Å²) in [6.45, 7) is 0. The lowest BCUT2D eigenvalue weighted by molar-refractivity contribution is -0.666. The maximum Gasteiger partial charge on any atom is 0.0857 e. The number of quaternary nitrogens is 1. The first-order chi connectivity index (χ1) is 5.35. The zero-order valence-electron chi connectivity index (χ0n) is 6.95. The topological polar surface area (TPSA) is 69.1 Å². The minimum atomic E-state index is 0.962. The van der Waals surface area contributed by atoms with E-state index in [4.69, 9.17) is 10.1 Å². The molecule has 2 N–H and O–H groups in total. The fraction of sp³-hybridized carbons (Fsp3) is 1.00. The molecular weight excluding hydrogens is 144 g/mol. The maximum atomic E-state index is 8.00. The Morgan fingerprint density at radius 2 is 1.82 bits per heavy atom. The van der Waals surface area contributed by atoms with E-state index in [0.29, 0.717) is 0 Å². The highest BCUT2D eigenvalue weighted by molar-refractivity contribution is 4.61. The third-order valence-electron chi connectivity index (χ3n) is 2.12. The quantitative estimate of drug-likeness (QED) is 0.454. The molecule has 11 heavy (non-hydrogen) atoms. The van der Waals surface area contributed by atoms with Crippen LogP contribution in [0, 0.1) is 10.1 Å². The Hall–Kier alpha value is -0.640. The third-order valence-corrected chi connectivity index (χ3v) is 2.12. The lowest BCUT2D eigenvalue weighted by Gasteiger charge is -2.17. The summed E-state index contributed by atoms with van der Waals surface area (Å²) >= 11 is 0. The molecule has 0 aromatic carbocycles. The molecule has 0 saturated heterocycles. The van der Waals surface area contributed by atoms with Gasteiger partial charge >= 0.3 is 0 Å². The highest BCUT2D eigenvalue weighted by atomic mass is 16.6. The average Bonchev–Trinajstić information content (AvgIpc) is 2.08. The van der Waals surface area contributed by atoms with Gasteiger partial charge in [0.2, 0.25) is 0 Å². The normalized spacial score (nSPS) is 18.3. The molecule has 0 amide bonds. The fourth-order valence-corrected chi connectivity index (χ4v) is 1.47. The van der Waals surface area contributed by atoms with Gasteiger partial charge in [-0.15, -0.1) is 5.34 Å². The summed E-state index contributed by atoms with van der Waals surface area (Å²) in [5.41, 5.74) is 0. The van der Waals surface area contributed by atoms with Gasteiger partial charge in [0.15, 0.2) is 0 Å². The molecule has 0 spiro atoms. The number of hydrogen-bond acceptors (Lipinski definition) is 3. The van der Waals surface area contributed by atoms with E-state index in [1.165, 1.54) is 32.1 Å². The van der Waals surface area contributed by atoms with Gasteiger partial charge in [-0.3, -0.25) is 0 Å². The molecule has 4 nitrogen and oxygen atoms in total. The van der Waals surface area contributed by atoms with Crippen molar-refractivity contribution in [2.24, 2.45) is 5.34 Å². The highest BCUT2D eigenvalue weighted by Gasteiger charge is 2.12. The van der Waals surface area contributed by atoms with E-state index in [1.54, 1.807) is 0 Å². The molecule has 1 fully saturated rings. The van der Waals surface area contributed by atoms with E-state index in [1.807, 2.05) is 0 Å². The van der Waals surface area contributed by atoms with Gasteiger partial charge < -0.3 is 15.4 Å². The smallest absolute Gasteiger partial charge is 0.0857 e. The van der Waals surface area contributed by atoms with Crippen molar-refractivity contribution in [3.8, 4) is 0 Å². The zero-order chi connectivity index (χ0) is 8.53. The van der Waals surface area contributed by atoms with Crippen LogP contribution >= 0.6 is 0 Å². The SMILES string of the molecule is C[NH2+]C1CCCCC1.O=N[O-]. The van der Waals surface area contributed by atoms with Gasteiger partial charge in [-0.1, -0.05) is 6.42 Å². The van der Waals surface area contributed by atoms with Gasteiger partial charge in [0.05, 0.1) is 13.1 Å². The largest absolute Gasteiger partial charge is 0.444 e. The van der Waals surface area contributed by atoms with E-state index in [2.05, 4.69) is 12.4 Å². The van der Waals surface area contributed by atoms with Crippen molar-refractivity contribution in [1.29, 1.82) is 0 Å². The lowest BCUT2D eigenvalue weighted by Crippen LogP contribution is -2.86. The molecule has 66 valence electrons. The Labute approximate surface area is 66.9 Å². The second-order valence-electron chi connectivity index (χ2n) is 2.81. The summed E-state index contributed by atoms with van der Waals surface area (Å²) in [5, 5.41) is 11.4. The fourth-order valence-electron chi connectivity index (χ4n) is 1.47. The summed E-state index contributed by atoms with van der Waals surface area (Å²) < 4.78 is 0. The Morgan fingerprint density at radius 3 is 2.09 bits per heavy atom. The third kappa shape index (κ3) is 5.79. The summed E-state index contributed by atoms with van der Waals surface area (Å²) in [4.78, 5) is 8.00. The van der Waals surface area contributed by atoms with Crippen LogP contribution in [-0.2, 0) is 0 Å². The number of hydrogen-bond donors (Lipinski definition) is 1. The monoisotopic (exact) mass is 160 g/mol. The molecule has 1 aliphatic carbocycles. The van der Waals surface area contributed by atoms with Crippen LogP contribution in [0.1, 0.15) is 32.1 Å². The van der Waals surface area contributed by atoms with Gasteiger partial charge in [0.1, 0.15) is 0 Å². The van der Waals surface area contributed by atoms with E-state index in [0.717, 1.165) is 11.4 Å². The first-order valence-electron chi connectivity index (χ1n) is 4.09. The summed E-state index contributed by atoms with van der Waals surface area (Å²) in [6.07, 6.45) is 7.32. The van der Waals surface area contributed by atoms with E-state index >= 15 is 0 Å². The summed E-state index contributed by atoms with van der Waals surface area (Å²) in [5.74, 6) is 0. The second-order valence-corrected chi connectivity index (χ2v) is 2.81. The lowest BCUT2D eigenvalue weighted by atomic mass is 9.96. The number of nitrogens with two attached hydrogens (primary N) is 1. The van der Waals surface area contributed by atoms with Crippen LogP contribution in [0.5, 0.6) is 0 Å². The Morgan fingerprint density at radius 1 is 1.36 bits per heavy atom. The molecule has 0 radical (unpaired) electrons. The number of nitrogens with zero attached hydrogens (tertiary/aromatic N) is 1. The molecule has 0 heterocycles. The first-order valence-corrected chi connectivity index (χ1v) is 4.09. The summed E-state index contributed by atoms with van der Waals surface area (Å²) in [6, 6.07) is 0.962. The Balaban J connectivity index is 0.000000292. The van der Waals surface area contributed by atoms with Crippen LogP contribution in [0.25, 0.3) is 0 Å². The van der Waals surface area contributed by atoms with Crippen LogP contribution in [0.4, 0.5) is 0 Å². The molecule has 1 saturated carbocycles. The van der Waals surface area contributed by atoms with Crippen molar-refractivity contribution in [3.05, 3.63) is 10.1 Å². The molecule has 1 rings (SSSR count). The van der Waals surface area contributed by atoms with Gasteiger partial charge in [-0.05, 0) is 25.7 Å². The van der Waals surface area contributed by atoms with Crippen LogP contribution in [0.2, 0.25) is 0 Å². The molecule has 0 aromatic heterocycles. The first kappa shape index (κ1) is 10.4. The van der Waals surface area contributed by atoms with Crippen molar-refractivity contribution < 1.29 is 5.32 Å². The molecule has 0 unspecified atom stereocenters. The highest BCUT2D eigenvalue weighted by Crippen LogP contribution is 2.14. The van der Waals surface area contributed by atoms with Crippen LogP contribution < -0.4 is 5.32 Å². The zero-order valence-corrected chi connectivity index (χ0v) is 6.95. The van der Waals surface area contributed by atoms with Crippen molar-refractivity contribution in [2.45, 2.75) is 38.1 Å². The molecule has 0 aromatic rings. The standard InChI is InChI=1S/C7H15N.HNO2/c1-8-7-5-3-2-4-6-7;2-1-3/h7-8H,2-6H2,1H3;(H,2,3). The minimum Gasteiger partial charge on any atom is -0.444 e. The van der Waals surface area contributed by atoms with Crippen molar-refractivity contribution in [1.82, 2.24) is 0 Å². The molecule has 0 atom stereocenters. The van der Waals surface area contributed by atoms with E-state index in [-0.39, 0.29) is 0 Å². The van der Waals surface area contributed by atoms with Gasteiger partial charge in [0, 0.05) is 0 Å². The van der Waals surface area contributed by atoms with Crippen LogP contribution in [0.15, 0.2) is 5.34 Å². The van der Waals surface area contributed by atoms with Gasteiger partial charge in [-0.2, -0.15) is 0 Å². The van der Waals surface area contributed by atoms with E-state index in [9.17, 15) is 0 Å². The van der Waals surface area contributed by atoms with Crippen molar-refractivity contribution in [3.63, 3.8) is 0 Å². The van der Waals surface area contributed by atoms with Gasteiger partial charge in [0.25, 0.3) is 0 Å². The molecule has 1 aliphatic rings. The van der Waals surface area contributed by atoms with Crippen molar-refractivity contribution in [2.75, 3.05) is 7.05 Å². The second kappa shape index (κ2) is 7.47. The maximum absolute atomic E-state index is 8.00. The minimum absolute atomic E-state index is 0.962. The van der Waals surface area contributed by atoms with E-state index < -0.39 is 0 Å². The average molecular weight is 160 g/mol. The Bertz CT molecular complexity index is 92.4. The Kier molecular flexibility index (Phi) is 7.03. The number of rotatable bonds is 1. The molecule has 0 bridgehead atoms. The van der Waals surface area contributed by atoms with Crippen LogP contribution in [-0.4, -0.2) is 13.1 Å². The van der Waals surface area contributed by atoms with Crippen molar-refractivity contribution >= 4 is 0 Å². The molecular formula is C7H16N2O2.